The summed E-state index contributed by atoms with van der Waals surface area (Å²) in [5.41, 5.74) is 1.83. The summed E-state index contributed by atoms with van der Waals surface area (Å²) >= 11 is 0. The number of nitrogens with zero attached hydrogens (tertiary/aromatic N) is 1. The predicted octanol–water partition coefficient (Wildman–Crippen LogP) is 2.96. The van der Waals surface area contributed by atoms with Crippen molar-refractivity contribution in [2.75, 3.05) is 0 Å². The van der Waals surface area contributed by atoms with Gasteiger partial charge in [0.1, 0.15) is 5.54 Å². The van der Waals surface area contributed by atoms with Gasteiger partial charge in [0.25, 0.3) is 5.91 Å². The van der Waals surface area contributed by atoms with Crippen molar-refractivity contribution in [3.8, 4) is 0 Å². The number of aryl methyl sites for hydroxylation is 1. The lowest BCUT2D eigenvalue weighted by atomic mass is 9.92. The number of carbonyl (C=O) groups is 2. The SMILES string of the molecule is Cc1ccccc1CN1C(=O)N[C@](C)(c2ccccc2)C1=O. The fraction of sp³-hybridized carbons (Fsp3) is 0.222. The number of hydrogen-bond donors (Lipinski definition) is 1. The predicted molar refractivity (Wildman–Crippen MR) is 84.1 cm³/mol. The van der Waals surface area contributed by atoms with E-state index in [2.05, 4.69) is 5.32 Å². The van der Waals surface area contributed by atoms with Crippen LogP contribution in [0, 0.1) is 6.92 Å². The molecule has 0 aliphatic carbocycles. The van der Waals surface area contributed by atoms with Gasteiger partial charge in [-0.15, -0.1) is 0 Å². The summed E-state index contributed by atoms with van der Waals surface area (Å²) in [6.07, 6.45) is 0. The van der Waals surface area contributed by atoms with Crippen molar-refractivity contribution in [3.05, 3.63) is 71.3 Å². The molecule has 3 rings (SSSR count). The smallest absolute Gasteiger partial charge is 0.319 e. The van der Waals surface area contributed by atoms with E-state index in [9.17, 15) is 9.59 Å². The second-order valence-electron chi connectivity index (χ2n) is 5.74. The maximum absolute atomic E-state index is 12.8. The van der Waals surface area contributed by atoms with E-state index in [1.54, 1.807) is 6.92 Å². The second kappa shape index (κ2) is 5.30. The topological polar surface area (TPSA) is 49.4 Å². The Morgan fingerprint density at radius 2 is 1.64 bits per heavy atom. The molecule has 1 aliphatic rings. The minimum atomic E-state index is -0.999. The monoisotopic (exact) mass is 294 g/mol. The molecule has 2 aromatic carbocycles. The molecule has 22 heavy (non-hydrogen) atoms. The van der Waals surface area contributed by atoms with Crippen LogP contribution in [0.1, 0.15) is 23.6 Å². The molecule has 1 fully saturated rings. The molecule has 0 saturated carbocycles. The minimum absolute atomic E-state index is 0.216. The van der Waals surface area contributed by atoms with Crippen LogP contribution in [0.3, 0.4) is 0 Å². The first kappa shape index (κ1) is 14.3. The zero-order valence-corrected chi connectivity index (χ0v) is 12.7. The van der Waals surface area contributed by atoms with Crippen LogP contribution in [0.5, 0.6) is 0 Å². The molecule has 0 unspecified atom stereocenters. The number of amides is 3. The molecule has 112 valence electrons. The Morgan fingerprint density at radius 1 is 1.00 bits per heavy atom. The number of rotatable bonds is 3. The lowest BCUT2D eigenvalue weighted by Gasteiger charge is -2.22. The van der Waals surface area contributed by atoms with E-state index in [0.717, 1.165) is 16.7 Å². The van der Waals surface area contributed by atoms with E-state index in [1.807, 2.05) is 61.5 Å². The van der Waals surface area contributed by atoms with E-state index >= 15 is 0 Å². The Bertz CT molecular complexity index is 727. The molecular weight excluding hydrogens is 276 g/mol. The molecule has 0 bridgehead atoms. The highest BCUT2D eigenvalue weighted by molar-refractivity contribution is 6.07. The van der Waals surface area contributed by atoms with Gasteiger partial charge >= 0.3 is 6.03 Å². The summed E-state index contributed by atoms with van der Waals surface area (Å²) < 4.78 is 0. The standard InChI is InChI=1S/C18H18N2O2/c1-13-8-6-7-9-14(13)12-20-16(21)18(2,19-17(20)22)15-10-4-3-5-11-15/h3-11H,12H2,1-2H3,(H,19,22)/t18-/m1/s1. The molecule has 4 nitrogen and oxygen atoms in total. The lowest BCUT2D eigenvalue weighted by Crippen LogP contribution is -2.40. The van der Waals surface area contributed by atoms with Crippen molar-refractivity contribution in [1.29, 1.82) is 0 Å². The number of urea groups is 1. The molecule has 0 aromatic heterocycles. The van der Waals surface area contributed by atoms with E-state index < -0.39 is 5.54 Å². The Labute approximate surface area is 129 Å². The third kappa shape index (κ3) is 2.26. The lowest BCUT2D eigenvalue weighted by molar-refractivity contribution is -0.131. The highest BCUT2D eigenvalue weighted by atomic mass is 16.2. The van der Waals surface area contributed by atoms with Crippen LogP contribution in [-0.4, -0.2) is 16.8 Å². The third-order valence-electron chi connectivity index (χ3n) is 4.22. The van der Waals surface area contributed by atoms with Gasteiger partial charge in [-0.05, 0) is 30.5 Å². The highest BCUT2D eigenvalue weighted by Gasteiger charge is 2.48. The van der Waals surface area contributed by atoms with E-state index in [0.29, 0.717) is 6.54 Å². The first-order valence-electron chi connectivity index (χ1n) is 7.26. The first-order chi connectivity index (χ1) is 10.5. The number of hydrogen-bond acceptors (Lipinski definition) is 2. The summed E-state index contributed by atoms with van der Waals surface area (Å²) in [7, 11) is 0. The van der Waals surface area contributed by atoms with Gasteiger partial charge in [-0.2, -0.15) is 0 Å². The normalized spacial score (nSPS) is 21.1. The van der Waals surface area contributed by atoms with Crippen molar-refractivity contribution in [2.24, 2.45) is 0 Å². The van der Waals surface area contributed by atoms with Crippen molar-refractivity contribution in [2.45, 2.75) is 25.9 Å². The van der Waals surface area contributed by atoms with Crippen molar-refractivity contribution < 1.29 is 9.59 Å². The van der Waals surface area contributed by atoms with Gasteiger partial charge in [-0.1, -0.05) is 54.6 Å². The fourth-order valence-electron chi connectivity index (χ4n) is 2.77. The van der Waals surface area contributed by atoms with Gasteiger partial charge in [-0.25, -0.2) is 4.79 Å². The molecule has 2 aromatic rings. The molecule has 4 heteroatoms. The van der Waals surface area contributed by atoms with Gasteiger partial charge in [0.15, 0.2) is 0 Å². The highest BCUT2D eigenvalue weighted by Crippen LogP contribution is 2.29. The Hall–Kier alpha value is -2.62. The summed E-state index contributed by atoms with van der Waals surface area (Å²) in [5, 5.41) is 2.82. The fourth-order valence-corrected chi connectivity index (χ4v) is 2.77. The number of nitrogens with one attached hydrogen (secondary N) is 1. The second-order valence-corrected chi connectivity index (χ2v) is 5.74. The van der Waals surface area contributed by atoms with Gasteiger partial charge in [0.05, 0.1) is 6.54 Å². The average Bonchev–Trinajstić information content (AvgIpc) is 2.75. The number of carbonyl (C=O) groups excluding carboxylic acids is 2. The van der Waals surface area contributed by atoms with Crippen LogP contribution in [0.4, 0.5) is 4.79 Å². The molecule has 1 aliphatic heterocycles. The molecule has 0 radical (unpaired) electrons. The van der Waals surface area contributed by atoms with Crippen molar-refractivity contribution in [1.82, 2.24) is 10.2 Å². The van der Waals surface area contributed by atoms with Crippen LogP contribution in [0.25, 0.3) is 0 Å². The van der Waals surface area contributed by atoms with Gasteiger partial charge in [0, 0.05) is 0 Å². The summed E-state index contributed by atoms with van der Waals surface area (Å²) in [4.78, 5) is 26.4. The zero-order chi connectivity index (χ0) is 15.7. The van der Waals surface area contributed by atoms with E-state index in [-0.39, 0.29) is 11.9 Å². The summed E-state index contributed by atoms with van der Waals surface area (Å²) in [6, 6.07) is 16.8. The van der Waals surface area contributed by atoms with Gasteiger partial charge in [0.2, 0.25) is 0 Å². The maximum atomic E-state index is 12.8. The van der Waals surface area contributed by atoms with Crippen LogP contribution >= 0.6 is 0 Å². The molecule has 0 spiro atoms. The molecule has 1 heterocycles. The molecule has 1 N–H and O–H groups in total. The van der Waals surface area contributed by atoms with Crippen LogP contribution in [-0.2, 0) is 16.9 Å². The third-order valence-corrected chi connectivity index (χ3v) is 4.22. The summed E-state index contributed by atoms with van der Waals surface area (Å²) in [6.45, 7) is 4.02. The minimum Gasteiger partial charge on any atom is -0.319 e. The molecule has 3 amide bonds. The van der Waals surface area contributed by atoms with Crippen LogP contribution in [0.15, 0.2) is 54.6 Å². The van der Waals surface area contributed by atoms with Crippen molar-refractivity contribution >= 4 is 11.9 Å². The van der Waals surface area contributed by atoms with Crippen LogP contribution in [0.2, 0.25) is 0 Å². The molecule has 1 saturated heterocycles. The first-order valence-corrected chi connectivity index (χ1v) is 7.26. The number of benzene rings is 2. The van der Waals surface area contributed by atoms with Gasteiger partial charge in [-0.3, -0.25) is 9.69 Å². The van der Waals surface area contributed by atoms with E-state index in [1.165, 1.54) is 4.90 Å². The largest absolute Gasteiger partial charge is 0.325 e. The van der Waals surface area contributed by atoms with E-state index in [4.69, 9.17) is 0 Å². The average molecular weight is 294 g/mol. The van der Waals surface area contributed by atoms with Crippen LogP contribution < -0.4 is 5.32 Å². The molecule has 1 atom stereocenters. The Morgan fingerprint density at radius 3 is 2.32 bits per heavy atom. The summed E-state index contributed by atoms with van der Waals surface area (Å²) in [5.74, 6) is -0.216. The van der Waals surface area contributed by atoms with Gasteiger partial charge < -0.3 is 5.32 Å². The maximum Gasteiger partial charge on any atom is 0.325 e. The van der Waals surface area contributed by atoms with Crippen molar-refractivity contribution in [3.63, 3.8) is 0 Å². The number of imide groups is 1. The Kier molecular flexibility index (Phi) is 3.45. The quantitative estimate of drug-likeness (QED) is 0.885. The molecular formula is C18H18N2O2. The zero-order valence-electron chi connectivity index (χ0n) is 12.7. The Balaban J connectivity index is 1.91.